The average molecular weight is 299 g/mol. The fourth-order valence-corrected chi connectivity index (χ4v) is 2.25. The standard InChI is InChI=1S/C14H16ClFN2O2/c1-9-3-4-10(12(16)7-9)14(19)13-11(15)8-17-18(13)5-6-20-2/h3-4,7-8,14,19H,5-6H2,1-2H3. The van der Waals surface area contributed by atoms with Crippen molar-refractivity contribution in [3.63, 3.8) is 0 Å². The Hall–Kier alpha value is -1.43. The lowest BCUT2D eigenvalue weighted by Gasteiger charge is -2.15. The number of hydrogen-bond donors (Lipinski definition) is 1. The maximum absolute atomic E-state index is 14.0. The quantitative estimate of drug-likeness (QED) is 0.923. The molecule has 1 unspecified atom stereocenters. The van der Waals surface area contributed by atoms with E-state index in [0.717, 1.165) is 5.56 Å². The van der Waals surface area contributed by atoms with Crippen molar-refractivity contribution >= 4 is 11.6 Å². The summed E-state index contributed by atoms with van der Waals surface area (Å²) < 4.78 is 20.4. The maximum Gasteiger partial charge on any atom is 0.129 e. The third kappa shape index (κ3) is 3.00. The number of halogens is 2. The molecular weight excluding hydrogens is 283 g/mol. The van der Waals surface area contributed by atoms with Crippen LogP contribution in [0.1, 0.15) is 22.9 Å². The second kappa shape index (κ2) is 6.35. The zero-order valence-electron chi connectivity index (χ0n) is 11.3. The molecule has 1 aromatic heterocycles. The molecule has 108 valence electrons. The first-order valence-corrected chi connectivity index (χ1v) is 6.56. The predicted octanol–water partition coefficient (Wildman–Crippen LogP) is 2.71. The van der Waals surface area contributed by atoms with Gasteiger partial charge >= 0.3 is 0 Å². The summed E-state index contributed by atoms with van der Waals surface area (Å²) in [6.45, 7) is 2.65. The molecule has 2 aromatic rings. The highest BCUT2D eigenvalue weighted by Gasteiger charge is 2.22. The summed E-state index contributed by atoms with van der Waals surface area (Å²) in [7, 11) is 1.57. The van der Waals surface area contributed by atoms with Crippen LogP contribution in [-0.4, -0.2) is 28.6 Å². The first-order chi connectivity index (χ1) is 9.54. The van der Waals surface area contributed by atoms with E-state index >= 15 is 0 Å². The molecule has 0 fully saturated rings. The van der Waals surface area contributed by atoms with Gasteiger partial charge in [-0.3, -0.25) is 4.68 Å². The number of nitrogens with zero attached hydrogens (tertiary/aromatic N) is 2. The lowest BCUT2D eigenvalue weighted by Crippen LogP contribution is -2.14. The molecule has 0 bridgehead atoms. The third-order valence-electron chi connectivity index (χ3n) is 3.05. The van der Waals surface area contributed by atoms with Gasteiger partial charge < -0.3 is 9.84 Å². The van der Waals surface area contributed by atoms with Crippen LogP contribution in [0.5, 0.6) is 0 Å². The molecule has 0 aliphatic heterocycles. The molecule has 0 radical (unpaired) electrons. The van der Waals surface area contributed by atoms with Crippen molar-refractivity contribution in [3.8, 4) is 0 Å². The predicted molar refractivity (Wildman–Crippen MR) is 74.3 cm³/mol. The van der Waals surface area contributed by atoms with Gasteiger partial charge in [0.25, 0.3) is 0 Å². The summed E-state index contributed by atoms with van der Waals surface area (Å²) >= 11 is 6.05. The second-order valence-electron chi connectivity index (χ2n) is 4.52. The molecule has 1 atom stereocenters. The van der Waals surface area contributed by atoms with Crippen LogP contribution < -0.4 is 0 Å². The first-order valence-electron chi connectivity index (χ1n) is 6.19. The van der Waals surface area contributed by atoms with Crippen molar-refractivity contribution in [2.24, 2.45) is 0 Å². The normalized spacial score (nSPS) is 12.7. The molecule has 4 nitrogen and oxygen atoms in total. The number of methoxy groups -OCH3 is 1. The Labute approximate surface area is 121 Å². The van der Waals surface area contributed by atoms with Gasteiger partial charge in [-0.1, -0.05) is 23.7 Å². The van der Waals surface area contributed by atoms with E-state index < -0.39 is 11.9 Å². The van der Waals surface area contributed by atoms with E-state index in [1.165, 1.54) is 16.9 Å². The number of aryl methyl sites for hydroxylation is 1. The van der Waals surface area contributed by atoms with Crippen molar-refractivity contribution in [2.45, 2.75) is 19.6 Å². The van der Waals surface area contributed by atoms with E-state index in [2.05, 4.69) is 5.10 Å². The van der Waals surface area contributed by atoms with Crippen molar-refractivity contribution in [1.82, 2.24) is 9.78 Å². The van der Waals surface area contributed by atoms with Crippen molar-refractivity contribution in [1.29, 1.82) is 0 Å². The van der Waals surface area contributed by atoms with Gasteiger partial charge in [-0.25, -0.2) is 4.39 Å². The number of benzene rings is 1. The highest BCUT2D eigenvalue weighted by Crippen LogP contribution is 2.30. The van der Waals surface area contributed by atoms with Gasteiger partial charge in [0.15, 0.2) is 0 Å². The number of aromatic nitrogens is 2. The van der Waals surface area contributed by atoms with E-state index in [4.69, 9.17) is 16.3 Å². The van der Waals surface area contributed by atoms with Crippen molar-refractivity contribution < 1.29 is 14.2 Å². The second-order valence-corrected chi connectivity index (χ2v) is 4.93. The molecule has 6 heteroatoms. The lowest BCUT2D eigenvalue weighted by atomic mass is 10.0. The Morgan fingerprint density at radius 2 is 2.25 bits per heavy atom. The van der Waals surface area contributed by atoms with Gasteiger partial charge in [-0.05, 0) is 18.6 Å². The van der Waals surface area contributed by atoms with Crippen LogP contribution in [0.3, 0.4) is 0 Å². The minimum Gasteiger partial charge on any atom is -0.383 e. The first kappa shape index (κ1) is 15.0. The van der Waals surface area contributed by atoms with Gasteiger partial charge in [0.2, 0.25) is 0 Å². The molecule has 1 N–H and O–H groups in total. The molecule has 0 amide bonds. The van der Waals surface area contributed by atoms with E-state index in [-0.39, 0.29) is 5.56 Å². The summed E-state index contributed by atoms with van der Waals surface area (Å²) in [6, 6.07) is 4.67. The minimum absolute atomic E-state index is 0.177. The largest absolute Gasteiger partial charge is 0.383 e. The van der Waals surface area contributed by atoms with E-state index in [1.54, 1.807) is 26.2 Å². The molecule has 0 aliphatic carbocycles. The Morgan fingerprint density at radius 3 is 2.90 bits per heavy atom. The van der Waals surface area contributed by atoms with E-state index in [1.807, 2.05) is 0 Å². The van der Waals surface area contributed by atoms with E-state index in [0.29, 0.717) is 23.9 Å². The summed E-state index contributed by atoms with van der Waals surface area (Å²) in [5, 5.41) is 14.8. The summed E-state index contributed by atoms with van der Waals surface area (Å²) in [5.74, 6) is -0.465. The Morgan fingerprint density at radius 1 is 1.50 bits per heavy atom. The van der Waals surface area contributed by atoms with Gasteiger partial charge in [-0.2, -0.15) is 5.10 Å². The Balaban J connectivity index is 2.37. The Kier molecular flexibility index (Phi) is 4.75. The van der Waals surface area contributed by atoms with Crippen LogP contribution in [0.25, 0.3) is 0 Å². The van der Waals surface area contributed by atoms with Crippen LogP contribution in [0.2, 0.25) is 5.02 Å². The van der Waals surface area contributed by atoms with Crippen LogP contribution in [0.4, 0.5) is 4.39 Å². The SMILES string of the molecule is COCCn1ncc(Cl)c1C(O)c1ccc(C)cc1F. The molecule has 2 rings (SSSR count). The van der Waals surface area contributed by atoms with Crippen LogP contribution in [0, 0.1) is 12.7 Å². The number of rotatable bonds is 5. The molecule has 0 saturated carbocycles. The number of aliphatic hydroxyl groups excluding tert-OH is 1. The number of aliphatic hydroxyl groups is 1. The molecule has 0 saturated heterocycles. The smallest absolute Gasteiger partial charge is 0.129 e. The molecule has 0 aliphatic rings. The monoisotopic (exact) mass is 298 g/mol. The van der Waals surface area contributed by atoms with Gasteiger partial charge in [0, 0.05) is 12.7 Å². The summed E-state index contributed by atoms with van der Waals surface area (Å²) in [6.07, 6.45) is 0.268. The highest BCUT2D eigenvalue weighted by atomic mass is 35.5. The highest BCUT2D eigenvalue weighted by molar-refractivity contribution is 6.31. The van der Waals surface area contributed by atoms with Crippen LogP contribution in [0.15, 0.2) is 24.4 Å². The van der Waals surface area contributed by atoms with Gasteiger partial charge in [0.05, 0.1) is 30.1 Å². The average Bonchev–Trinajstić information content (AvgIpc) is 2.77. The molecule has 20 heavy (non-hydrogen) atoms. The number of hydrogen-bond acceptors (Lipinski definition) is 3. The van der Waals surface area contributed by atoms with Gasteiger partial charge in [-0.15, -0.1) is 0 Å². The molecular formula is C14H16ClFN2O2. The number of ether oxygens (including phenoxy) is 1. The third-order valence-corrected chi connectivity index (χ3v) is 3.34. The van der Waals surface area contributed by atoms with Crippen molar-refractivity contribution in [3.05, 3.63) is 52.1 Å². The summed E-state index contributed by atoms with van der Waals surface area (Å²) in [4.78, 5) is 0. The van der Waals surface area contributed by atoms with Crippen LogP contribution >= 0.6 is 11.6 Å². The lowest BCUT2D eigenvalue weighted by molar-refractivity contribution is 0.170. The summed E-state index contributed by atoms with van der Waals surface area (Å²) in [5.41, 5.74) is 1.33. The fourth-order valence-electron chi connectivity index (χ4n) is 2.00. The van der Waals surface area contributed by atoms with E-state index in [9.17, 15) is 9.50 Å². The minimum atomic E-state index is -1.16. The Bertz CT molecular complexity index is 601. The topological polar surface area (TPSA) is 47.3 Å². The molecule has 1 aromatic carbocycles. The van der Waals surface area contributed by atoms with Crippen molar-refractivity contribution in [2.75, 3.05) is 13.7 Å². The molecule has 1 heterocycles. The van der Waals surface area contributed by atoms with Gasteiger partial charge in [0.1, 0.15) is 11.9 Å². The molecule has 0 spiro atoms. The van der Waals surface area contributed by atoms with Crippen LogP contribution in [-0.2, 0) is 11.3 Å². The zero-order chi connectivity index (χ0) is 14.7. The maximum atomic E-state index is 14.0. The zero-order valence-corrected chi connectivity index (χ0v) is 12.1. The fraction of sp³-hybridized carbons (Fsp3) is 0.357.